The number of ether oxygens (including phenoxy) is 2. The van der Waals surface area contributed by atoms with Crippen molar-refractivity contribution in [3.63, 3.8) is 0 Å². The highest BCUT2D eigenvalue weighted by Crippen LogP contribution is 2.25. The molecule has 0 aromatic heterocycles. The summed E-state index contributed by atoms with van der Waals surface area (Å²) in [5, 5.41) is 3.23. The minimum absolute atomic E-state index is 0.393. The van der Waals surface area contributed by atoms with Gasteiger partial charge in [0.05, 0.1) is 12.8 Å². The molecule has 2 aromatic carbocycles. The maximum atomic E-state index is 11.9. The van der Waals surface area contributed by atoms with E-state index in [1.54, 1.807) is 42.5 Å². The Hall–Kier alpha value is -2.79. The number of carbonyl (C=O) groups excluding carboxylic acids is 2. The molecule has 0 unspecified atom stereocenters. The normalized spacial score (nSPS) is 10.5. The van der Waals surface area contributed by atoms with Gasteiger partial charge in [0, 0.05) is 11.1 Å². The van der Waals surface area contributed by atoms with E-state index in [2.05, 4.69) is 5.32 Å². The molecule has 0 spiro atoms. The quantitative estimate of drug-likeness (QED) is 0.628. The molecule has 25 heavy (non-hydrogen) atoms. The SMILES string of the molecule is COc1ccc(C)cc1NC(=O)COC(=O)/C=C/c1cccc(Cl)c1. The summed E-state index contributed by atoms with van der Waals surface area (Å²) in [7, 11) is 1.51. The lowest BCUT2D eigenvalue weighted by molar-refractivity contribution is -0.142. The number of rotatable bonds is 6. The van der Waals surface area contributed by atoms with Crippen LogP contribution in [-0.4, -0.2) is 25.6 Å². The fraction of sp³-hybridized carbons (Fsp3) is 0.158. The number of esters is 1. The fourth-order valence-electron chi connectivity index (χ4n) is 2.07. The molecule has 0 aliphatic heterocycles. The molecule has 5 nitrogen and oxygen atoms in total. The summed E-state index contributed by atoms with van der Waals surface area (Å²) in [6, 6.07) is 12.4. The van der Waals surface area contributed by atoms with Crippen molar-refractivity contribution in [2.75, 3.05) is 19.0 Å². The summed E-state index contributed by atoms with van der Waals surface area (Å²) >= 11 is 5.86. The molecular weight excluding hydrogens is 342 g/mol. The predicted molar refractivity (Wildman–Crippen MR) is 97.8 cm³/mol. The van der Waals surface area contributed by atoms with Crippen LogP contribution in [0.2, 0.25) is 5.02 Å². The van der Waals surface area contributed by atoms with E-state index in [4.69, 9.17) is 21.1 Å². The average Bonchev–Trinajstić information content (AvgIpc) is 2.58. The zero-order chi connectivity index (χ0) is 18.2. The van der Waals surface area contributed by atoms with Crippen molar-refractivity contribution in [2.45, 2.75) is 6.92 Å². The molecule has 0 saturated heterocycles. The van der Waals surface area contributed by atoms with Gasteiger partial charge < -0.3 is 14.8 Å². The van der Waals surface area contributed by atoms with Gasteiger partial charge in [-0.3, -0.25) is 4.79 Å². The number of nitrogens with one attached hydrogen (secondary N) is 1. The fourth-order valence-corrected chi connectivity index (χ4v) is 2.26. The van der Waals surface area contributed by atoms with Crippen LogP contribution in [0.25, 0.3) is 6.08 Å². The summed E-state index contributed by atoms with van der Waals surface area (Å²) < 4.78 is 10.1. The molecule has 0 bridgehead atoms. The molecule has 1 N–H and O–H groups in total. The van der Waals surface area contributed by atoms with Crippen molar-refractivity contribution in [3.8, 4) is 5.75 Å². The van der Waals surface area contributed by atoms with Gasteiger partial charge in [0.15, 0.2) is 6.61 Å². The summed E-state index contributed by atoms with van der Waals surface area (Å²) in [6.45, 7) is 1.51. The van der Waals surface area contributed by atoms with E-state index in [1.165, 1.54) is 13.2 Å². The van der Waals surface area contributed by atoms with Crippen LogP contribution in [-0.2, 0) is 14.3 Å². The smallest absolute Gasteiger partial charge is 0.331 e. The first-order valence-electron chi connectivity index (χ1n) is 7.53. The lowest BCUT2D eigenvalue weighted by Crippen LogP contribution is -2.20. The first-order valence-corrected chi connectivity index (χ1v) is 7.90. The molecule has 1 amide bonds. The number of benzene rings is 2. The van der Waals surface area contributed by atoms with Crippen LogP contribution in [0.15, 0.2) is 48.5 Å². The molecule has 0 aliphatic carbocycles. The number of hydrogen-bond acceptors (Lipinski definition) is 4. The number of anilines is 1. The van der Waals surface area contributed by atoms with Crippen molar-refractivity contribution in [2.24, 2.45) is 0 Å². The lowest BCUT2D eigenvalue weighted by atomic mass is 10.2. The zero-order valence-corrected chi connectivity index (χ0v) is 14.7. The van der Waals surface area contributed by atoms with E-state index < -0.39 is 18.5 Å². The molecule has 0 heterocycles. The van der Waals surface area contributed by atoms with E-state index in [0.717, 1.165) is 11.1 Å². The highest BCUT2D eigenvalue weighted by molar-refractivity contribution is 6.30. The maximum absolute atomic E-state index is 11.9. The Kier molecular flexibility index (Phi) is 6.60. The molecule has 0 aliphatic rings. The largest absolute Gasteiger partial charge is 0.495 e. The van der Waals surface area contributed by atoms with E-state index in [-0.39, 0.29) is 0 Å². The highest BCUT2D eigenvalue weighted by Gasteiger charge is 2.09. The Labute approximate surface area is 151 Å². The molecule has 0 atom stereocenters. The number of amides is 1. The summed E-state index contributed by atoms with van der Waals surface area (Å²) in [5.41, 5.74) is 2.26. The van der Waals surface area contributed by atoms with Gasteiger partial charge in [0.25, 0.3) is 5.91 Å². The molecule has 0 radical (unpaired) electrons. The topological polar surface area (TPSA) is 64.6 Å². The molecular formula is C19H18ClNO4. The van der Waals surface area contributed by atoms with Crippen molar-refractivity contribution in [1.29, 1.82) is 0 Å². The summed E-state index contributed by atoms with van der Waals surface area (Å²) in [5.74, 6) is -0.536. The Morgan fingerprint density at radius 1 is 1.20 bits per heavy atom. The number of aryl methyl sites for hydroxylation is 1. The third-order valence-electron chi connectivity index (χ3n) is 3.24. The van der Waals surface area contributed by atoms with Crippen molar-refractivity contribution in [1.82, 2.24) is 0 Å². The Morgan fingerprint density at radius 3 is 2.72 bits per heavy atom. The van der Waals surface area contributed by atoms with Gasteiger partial charge in [0.1, 0.15) is 5.75 Å². The Morgan fingerprint density at radius 2 is 2.00 bits per heavy atom. The van der Waals surface area contributed by atoms with Crippen LogP contribution >= 0.6 is 11.6 Å². The number of methoxy groups -OCH3 is 1. The van der Waals surface area contributed by atoms with Crippen LogP contribution in [0.5, 0.6) is 5.75 Å². The molecule has 0 fully saturated rings. The summed E-state index contributed by atoms with van der Waals surface area (Å²) in [6.07, 6.45) is 2.81. The monoisotopic (exact) mass is 359 g/mol. The van der Waals surface area contributed by atoms with E-state index in [9.17, 15) is 9.59 Å². The molecule has 0 saturated carbocycles. The maximum Gasteiger partial charge on any atom is 0.331 e. The van der Waals surface area contributed by atoms with E-state index in [1.807, 2.05) is 13.0 Å². The third kappa shape index (κ3) is 5.97. The highest BCUT2D eigenvalue weighted by atomic mass is 35.5. The van der Waals surface area contributed by atoms with Crippen LogP contribution in [0.4, 0.5) is 5.69 Å². The van der Waals surface area contributed by atoms with Gasteiger partial charge in [-0.25, -0.2) is 4.79 Å². The van der Waals surface area contributed by atoms with E-state index in [0.29, 0.717) is 16.5 Å². The van der Waals surface area contributed by atoms with Crippen LogP contribution in [0, 0.1) is 6.92 Å². The molecule has 2 aromatic rings. The molecule has 6 heteroatoms. The molecule has 2 rings (SSSR count). The van der Waals surface area contributed by atoms with Crippen LogP contribution in [0.3, 0.4) is 0 Å². The van der Waals surface area contributed by atoms with Gasteiger partial charge >= 0.3 is 5.97 Å². The van der Waals surface area contributed by atoms with Crippen LogP contribution in [0.1, 0.15) is 11.1 Å². The third-order valence-corrected chi connectivity index (χ3v) is 3.47. The first kappa shape index (κ1) is 18.5. The Bertz CT molecular complexity index is 802. The van der Waals surface area contributed by atoms with Gasteiger partial charge in [-0.1, -0.05) is 29.8 Å². The number of halogens is 1. The zero-order valence-electron chi connectivity index (χ0n) is 13.9. The molecule has 130 valence electrons. The minimum atomic E-state index is -0.619. The first-order chi connectivity index (χ1) is 12.0. The number of hydrogen-bond donors (Lipinski definition) is 1. The Balaban J connectivity index is 1.87. The lowest BCUT2D eigenvalue weighted by Gasteiger charge is -2.10. The van der Waals surface area contributed by atoms with Crippen LogP contribution < -0.4 is 10.1 Å². The average molecular weight is 360 g/mol. The number of carbonyl (C=O) groups is 2. The van der Waals surface area contributed by atoms with Crippen molar-refractivity contribution in [3.05, 3.63) is 64.7 Å². The summed E-state index contributed by atoms with van der Waals surface area (Å²) in [4.78, 5) is 23.6. The minimum Gasteiger partial charge on any atom is -0.495 e. The van der Waals surface area contributed by atoms with Gasteiger partial charge in [0.2, 0.25) is 0 Å². The second-order valence-electron chi connectivity index (χ2n) is 5.25. The standard InChI is InChI=1S/C19H18ClNO4/c1-13-6-8-17(24-2)16(10-13)21-18(22)12-25-19(23)9-7-14-4-3-5-15(20)11-14/h3-11H,12H2,1-2H3,(H,21,22)/b9-7+. The second kappa shape index (κ2) is 8.89. The van der Waals surface area contributed by atoms with Crippen molar-refractivity contribution < 1.29 is 19.1 Å². The van der Waals surface area contributed by atoms with Gasteiger partial charge in [-0.05, 0) is 48.4 Å². The predicted octanol–water partition coefficient (Wildman–Crippen LogP) is 3.85. The van der Waals surface area contributed by atoms with Crippen molar-refractivity contribution >= 4 is 35.2 Å². The second-order valence-corrected chi connectivity index (χ2v) is 5.68. The van der Waals surface area contributed by atoms with Gasteiger partial charge in [-0.15, -0.1) is 0 Å². The van der Waals surface area contributed by atoms with E-state index >= 15 is 0 Å². The van der Waals surface area contributed by atoms with Gasteiger partial charge in [-0.2, -0.15) is 0 Å².